The smallest absolute Gasteiger partial charge is 0.256 e. The first-order chi connectivity index (χ1) is 10.2. The van der Waals surface area contributed by atoms with Crippen molar-refractivity contribution in [3.63, 3.8) is 0 Å². The summed E-state index contributed by atoms with van der Waals surface area (Å²) in [5.74, 6) is -0.335. The number of hydrogen-bond acceptors (Lipinski definition) is 4. The van der Waals surface area contributed by atoms with Gasteiger partial charge in [-0.3, -0.25) is 9.69 Å². The second kappa shape index (κ2) is 5.99. The first-order valence-corrected chi connectivity index (χ1v) is 7.26. The molecule has 0 spiro atoms. The normalized spacial score (nSPS) is 20.2. The monoisotopic (exact) mass is 293 g/mol. The number of nitrogens with one attached hydrogen (secondary N) is 1. The molecule has 0 radical (unpaired) electrons. The summed E-state index contributed by atoms with van der Waals surface area (Å²) < 4.78 is 18.9. The number of rotatable bonds is 3. The predicted octanol–water partition coefficient (Wildman–Crippen LogP) is 0.564. The van der Waals surface area contributed by atoms with Crippen molar-refractivity contribution in [3.8, 4) is 5.75 Å². The molecule has 5 nitrogen and oxygen atoms in total. The number of halogens is 1. The summed E-state index contributed by atoms with van der Waals surface area (Å²) in [5, 5.41) is 3.31. The fourth-order valence-corrected chi connectivity index (χ4v) is 2.87. The lowest BCUT2D eigenvalue weighted by Crippen LogP contribution is -2.63. The van der Waals surface area contributed by atoms with Gasteiger partial charge in [0.15, 0.2) is 0 Å². The van der Waals surface area contributed by atoms with E-state index >= 15 is 0 Å². The summed E-state index contributed by atoms with van der Waals surface area (Å²) >= 11 is 0. The number of hydrogen-bond donors (Lipinski definition) is 1. The first kappa shape index (κ1) is 14.3. The zero-order valence-electron chi connectivity index (χ0n) is 12.1. The number of benzene rings is 1. The molecule has 1 N–H and O–H groups in total. The van der Waals surface area contributed by atoms with Crippen molar-refractivity contribution in [2.24, 2.45) is 0 Å². The van der Waals surface area contributed by atoms with Crippen LogP contribution in [0.4, 0.5) is 4.39 Å². The highest BCUT2D eigenvalue weighted by Crippen LogP contribution is 2.22. The molecule has 3 rings (SSSR count). The SMILES string of the molecule is COc1ccc(C(=O)N2CC(N3CCNCC3)C2)c(F)c1. The van der Waals surface area contributed by atoms with Crippen LogP contribution in [0.1, 0.15) is 10.4 Å². The van der Waals surface area contributed by atoms with Gasteiger partial charge in [0.05, 0.1) is 12.7 Å². The van der Waals surface area contributed by atoms with Crippen LogP contribution in [-0.4, -0.2) is 68.1 Å². The maximum Gasteiger partial charge on any atom is 0.256 e. The van der Waals surface area contributed by atoms with Gasteiger partial charge < -0.3 is 15.0 Å². The fraction of sp³-hybridized carbons (Fsp3) is 0.533. The Morgan fingerprint density at radius 2 is 2.05 bits per heavy atom. The molecular weight excluding hydrogens is 273 g/mol. The number of likely N-dealkylation sites (tertiary alicyclic amines) is 1. The van der Waals surface area contributed by atoms with Crippen LogP contribution in [0.2, 0.25) is 0 Å². The molecule has 0 unspecified atom stereocenters. The number of methoxy groups -OCH3 is 1. The maximum atomic E-state index is 13.9. The van der Waals surface area contributed by atoms with Crippen LogP contribution in [0.5, 0.6) is 5.75 Å². The van der Waals surface area contributed by atoms with Crippen LogP contribution in [0.15, 0.2) is 18.2 Å². The standard InChI is InChI=1S/C15H20FN3O2/c1-21-12-2-3-13(14(16)8-12)15(20)19-9-11(10-19)18-6-4-17-5-7-18/h2-3,8,11,17H,4-7,9-10H2,1H3. The molecule has 2 saturated heterocycles. The summed E-state index contributed by atoms with van der Waals surface area (Å²) in [4.78, 5) is 16.4. The zero-order chi connectivity index (χ0) is 14.8. The molecule has 1 aromatic carbocycles. The number of carbonyl (C=O) groups is 1. The van der Waals surface area contributed by atoms with Gasteiger partial charge in [0, 0.05) is 51.4 Å². The molecule has 0 atom stereocenters. The van der Waals surface area contributed by atoms with E-state index < -0.39 is 5.82 Å². The summed E-state index contributed by atoms with van der Waals surface area (Å²) in [6, 6.07) is 4.77. The number of piperazine rings is 1. The molecule has 1 amide bonds. The number of carbonyl (C=O) groups excluding carboxylic acids is 1. The minimum atomic E-state index is -0.523. The van der Waals surface area contributed by atoms with Crippen molar-refractivity contribution in [3.05, 3.63) is 29.6 Å². The first-order valence-electron chi connectivity index (χ1n) is 7.26. The van der Waals surface area contributed by atoms with E-state index in [1.165, 1.54) is 19.2 Å². The van der Waals surface area contributed by atoms with E-state index in [0.29, 0.717) is 24.9 Å². The zero-order valence-corrected chi connectivity index (χ0v) is 12.1. The Kier molecular flexibility index (Phi) is 4.07. The molecule has 2 aliphatic rings. The lowest BCUT2D eigenvalue weighted by Gasteiger charge is -2.46. The predicted molar refractivity (Wildman–Crippen MR) is 77.1 cm³/mol. The van der Waals surface area contributed by atoms with Crippen molar-refractivity contribution >= 4 is 5.91 Å². The van der Waals surface area contributed by atoms with Crippen LogP contribution < -0.4 is 10.1 Å². The lowest BCUT2D eigenvalue weighted by molar-refractivity contribution is 0.0223. The van der Waals surface area contributed by atoms with Gasteiger partial charge >= 0.3 is 0 Å². The van der Waals surface area contributed by atoms with Crippen LogP contribution in [0.25, 0.3) is 0 Å². The van der Waals surface area contributed by atoms with Crippen molar-refractivity contribution < 1.29 is 13.9 Å². The van der Waals surface area contributed by atoms with E-state index in [1.807, 2.05) is 0 Å². The van der Waals surface area contributed by atoms with Crippen LogP contribution in [-0.2, 0) is 0 Å². The average molecular weight is 293 g/mol. The third kappa shape index (κ3) is 2.87. The number of nitrogens with zero attached hydrogens (tertiary/aromatic N) is 2. The van der Waals surface area contributed by atoms with E-state index in [9.17, 15) is 9.18 Å². The Balaban J connectivity index is 1.60. The second-order valence-corrected chi connectivity index (χ2v) is 5.50. The molecule has 0 aliphatic carbocycles. The summed E-state index contributed by atoms with van der Waals surface area (Å²) in [7, 11) is 1.48. The van der Waals surface area contributed by atoms with Gasteiger partial charge in [-0.1, -0.05) is 0 Å². The molecular formula is C15H20FN3O2. The van der Waals surface area contributed by atoms with Gasteiger partial charge in [-0.2, -0.15) is 0 Å². The van der Waals surface area contributed by atoms with E-state index in [-0.39, 0.29) is 11.5 Å². The molecule has 2 fully saturated rings. The number of ether oxygens (including phenoxy) is 1. The van der Waals surface area contributed by atoms with Crippen molar-refractivity contribution in [2.45, 2.75) is 6.04 Å². The Labute approximate surface area is 123 Å². The molecule has 0 saturated carbocycles. The van der Waals surface area contributed by atoms with E-state index in [0.717, 1.165) is 26.2 Å². The van der Waals surface area contributed by atoms with Crippen LogP contribution in [0.3, 0.4) is 0 Å². The Morgan fingerprint density at radius 1 is 1.33 bits per heavy atom. The van der Waals surface area contributed by atoms with Gasteiger partial charge in [-0.05, 0) is 12.1 Å². The van der Waals surface area contributed by atoms with Gasteiger partial charge in [0.1, 0.15) is 11.6 Å². The Hall–Kier alpha value is -1.66. The highest BCUT2D eigenvalue weighted by molar-refractivity contribution is 5.95. The fourth-order valence-electron chi connectivity index (χ4n) is 2.87. The summed E-state index contributed by atoms with van der Waals surface area (Å²) in [5.41, 5.74) is 0.120. The molecule has 2 heterocycles. The highest BCUT2D eigenvalue weighted by Gasteiger charge is 2.36. The topological polar surface area (TPSA) is 44.8 Å². The Morgan fingerprint density at radius 3 is 2.67 bits per heavy atom. The largest absolute Gasteiger partial charge is 0.497 e. The number of amides is 1. The van der Waals surface area contributed by atoms with Crippen molar-refractivity contribution in [1.29, 1.82) is 0 Å². The van der Waals surface area contributed by atoms with Gasteiger partial charge in [0.2, 0.25) is 0 Å². The maximum absolute atomic E-state index is 13.9. The van der Waals surface area contributed by atoms with Gasteiger partial charge in [-0.15, -0.1) is 0 Å². The second-order valence-electron chi connectivity index (χ2n) is 5.50. The van der Waals surface area contributed by atoms with E-state index in [1.54, 1.807) is 11.0 Å². The average Bonchev–Trinajstić information content (AvgIpc) is 2.46. The van der Waals surface area contributed by atoms with Gasteiger partial charge in [0.25, 0.3) is 5.91 Å². The quantitative estimate of drug-likeness (QED) is 0.885. The van der Waals surface area contributed by atoms with Crippen LogP contribution >= 0.6 is 0 Å². The van der Waals surface area contributed by atoms with Crippen LogP contribution in [0, 0.1) is 5.82 Å². The molecule has 6 heteroatoms. The molecule has 1 aromatic rings. The van der Waals surface area contributed by atoms with E-state index in [2.05, 4.69) is 10.2 Å². The summed E-state index contributed by atoms with van der Waals surface area (Å²) in [6.45, 7) is 5.40. The molecule has 0 bridgehead atoms. The van der Waals surface area contributed by atoms with Gasteiger partial charge in [-0.25, -0.2) is 4.39 Å². The van der Waals surface area contributed by atoms with Crippen molar-refractivity contribution in [1.82, 2.24) is 15.1 Å². The minimum absolute atomic E-state index is 0.120. The lowest BCUT2D eigenvalue weighted by atomic mass is 10.0. The third-order valence-corrected chi connectivity index (χ3v) is 4.22. The third-order valence-electron chi connectivity index (χ3n) is 4.22. The highest BCUT2D eigenvalue weighted by atomic mass is 19.1. The Bertz CT molecular complexity index is 526. The molecule has 0 aromatic heterocycles. The van der Waals surface area contributed by atoms with E-state index in [4.69, 9.17) is 4.74 Å². The minimum Gasteiger partial charge on any atom is -0.497 e. The molecule has 114 valence electrons. The summed E-state index contributed by atoms with van der Waals surface area (Å²) in [6.07, 6.45) is 0. The molecule has 2 aliphatic heterocycles. The molecule has 21 heavy (non-hydrogen) atoms. The van der Waals surface area contributed by atoms with Crippen molar-refractivity contribution in [2.75, 3.05) is 46.4 Å².